The molecule has 1 aromatic carbocycles. The minimum absolute atomic E-state index is 0.163. The molecule has 23 heavy (non-hydrogen) atoms. The molecule has 8 nitrogen and oxygen atoms in total. The smallest absolute Gasteiger partial charge is 0.322 e. The number of ether oxygens (including phenoxy) is 1. The summed E-state index contributed by atoms with van der Waals surface area (Å²) in [5, 5.41) is 14.0. The number of aliphatic carboxylic acids is 1. The lowest BCUT2D eigenvalue weighted by Crippen LogP contribution is -2.34. The highest BCUT2D eigenvalue weighted by molar-refractivity contribution is 6.00. The van der Waals surface area contributed by atoms with E-state index in [2.05, 4.69) is 10.6 Å². The molecule has 3 N–H and O–H groups in total. The number of urea groups is 1. The molecule has 0 bridgehead atoms. The number of hydrogen-bond acceptors (Lipinski definition) is 4. The Morgan fingerprint density at radius 1 is 1.48 bits per heavy atom. The summed E-state index contributed by atoms with van der Waals surface area (Å²) < 4.78 is 5.24. The predicted octanol–water partition coefficient (Wildman–Crippen LogP) is 0.818. The van der Waals surface area contributed by atoms with Crippen LogP contribution in [0.5, 0.6) is 5.75 Å². The quantitative estimate of drug-likeness (QED) is 0.719. The molecule has 1 unspecified atom stereocenters. The van der Waals surface area contributed by atoms with Crippen molar-refractivity contribution in [1.82, 2.24) is 10.6 Å². The van der Waals surface area contributed by atoms with Crippen LogP contribution in [0, 0.1) is 0 Å². The molecule has 1 fully saturated rings. The van der Waals surface area contributed by atoms with Gasteiger partial charge in [0.25, 0.3) is 5.91 Å². The summed E-state index contributed by atoms with van der Waals surface area (Å²) in [7, 11) is 1.49. The zero-order valence-electron chi connectivity index (χ0n) is 13.0. The van der Waals surface area contributed by atoms with E-state index in [1.54, 1.807) is 25.1 Å². The molecule has 1 aliphatic heterocycles. The van der Waals surface area contributed by atoms with Gasteiger partial charge in [-0.25, -0.2) is 4.79 Å². The van der Waals surface area contributed by atoms with Crippen LogP contribution >= 0.6 is 0 Å². The molecular formula is C15H19N3O5. The summed E-state index contributed by atoms with van der Waals surface area (Å²) in [4.78, 5) is 36.2. The molecule has 3 amide bonds. The standard InChI is InChI=1S/C15H19N3O5/c1-9(7-13(19)20)17-14(21)10-3-4-12(23-2)11(8-10)18-6-5-16-15(18)22/h3-4,8-9H,5-7H2,1-2H3,(H,16,22)(H,17,21)(H,19,20). The molecule has 0 aliphatic carbocycles. The van der Waals surface area contributed by atoms with Crippen molar-refractivity contribution in [3.05, 3.63) is 23.8 Å². The third-order valence-electron chi connectivity index (χ3n) is 3.45. The first-order valence-corrected chi connectivity index (χ1v) is 7.18. The highest BCUT2D eigenvalue weighted by Crippen LogP contribution is 2.30. The van der Waals surface area contributed by atoms with Crippen molar-refractivity contribution in [2.75, 3.05) is 25.1 Å². The number of nitrogens with one attached hydrogen (secondary N) is 2. The third-order valence-corrected chi connectivity index (χ3v) is 3.45. The SMILES string of the molecule is COc1ccc(C(=O)NC(C)CC(=O)O)cc1N1CCNC1=O. The second kappa shape index (κ2) is 6.99. The molecule has 1 atom stereocenters. The van der Waals surface area contributed by atoms with Gasteiger partial charge in [-0.1, -0.05) is 0 Å². The summed E-state index contributed by atoms with van der Waals surface area (Å²) >= 11 is 0. The van der Waals surface area contributed by atoms with Gasteiger partial charge >= 0.3 is 12.0 Å². The molecule has 2 rings (SSSR count). The van der Waals surface area contributed by atoms with E-state index in [9.17, 15) is 14.4 Å². The first-order valence-electron chi connectivity index (χ1n) is 7.18. The zero-order chi connectivity index (χ0) is 17.0. The molecule has 0 saturated carbocycles. The Bertz CT molecular complexity index is 632. The minimum Gasteiger partial charge on any atom is -0.495 e. The Hall–Kier alpha value is -2.77. The van der Waals surface area contributed by atoms with Gasteiger partial charge in [-0.3, -0.25) is 14.5 Å². The van der Waals surface area contributed by atoms with Crippen molar-refractivity contribution < 1.29 is 24.2 Å². The first kappa shape index (κ1) is 16.6. The fraction of sp³-hybridized carbons (Fsp3) is 0.400. The maximum absolute atomic E-state index is 12.2. The highest BCUT2D eigenvalue weighted by Gasteiger charge is 2.25. The summed E-state index contributed by atoms with van der Waals surface area (Å²) in [6.07, 6.45) is -0.163. The van der Waals surface area contributed by atoms with Crippen LogP contribution in [-0.2, 0) is 4.79 Å². The van der Waals surface area contributed by atoms with Crippen LogP contribution in [0.25, 0.3) is 0 Å². The third kappa shape index (κ3) is 3.91. The molecule has 8 heteroatoms. The second-order valence-corrected chi connectivity index (χ2v) is 5.24. The number of anilines is 1. The lowest BCUT2D eigenvalue weighted by Gasteiger charge is -2.19. The maximum Gasteiger partial charge on any atom is 0.322 e. The van der Waals surface area contributed by atoms with E-state index in [4.69, 9.17) is 9.84 Å². The van der Waals surface area contributed by atoms with Crippen LogP contribution in [-0.4, -0.2) is 49.3 Å². The van der Waals surface area contributed by atoms with Crippen molar-refractivity contribution in [3.8, 4) is 5.75 Å². The summed E-state index contributed by atoms with van der Waals surface area (Å²) in [6.45, 7) is 2.62. The Kier molecular flexibility index (Phi) is 5.05. The lowest BCUT2D eigenvalue weighted by atomic mass is 10.1. The molecule has 1 aliphatic rings. The Balaban J connectivity index is 2.21. The maximum atomic E-state index is 12.2. The molecule has 0 aromatic heterocycles. The summed E-state index contributed by atoms with van der Waals surface area (Å²) in [6, 6.07) is 3.99. The van der Waals surface area contributed by atoms with Crippen LogP contribution in [0.4, 0.5) is 10.5 Å². The van der Waals surface area contributed by atoms with Crippen LogP contribution < -0.4 is 20.3 Å². The minimum atomic E-state index is -0.984. The molecule has 0 radical (unpaired) electrons. The van der Waals surface area contributed by atoms with Gasteiger partial charge in [0.2, 0.25) is 0 Å². The molecular weight excluding hydrogens is 302 g/mol. The van der Waals surface area contributed by atoms with E-state index in [0.29, 0.717) is 30.1 Å². The van der Waals surface area contributed by atoms with Crippen molar-refractivity contribution in [1.29, 1.82) is 0 Å². The van der Waals surface area contributed by atoms with Crippen molar-refractivity contribution >= 4 is 23.6 Å². The first-order chi connectivity index (χ1) is 10.9. The van der Waals surface area contributed by atoms with Crippen LogP contribution in [0.15, 0.2) is 18.2 Å². The van der Waals surface area contributed by atoms with Crippen LogP contribution in [0.3, 0.4) is 0 Å². The van der Waals surface area contributed by atoms with Gasteiger partial charge < -0.3 is 20.5 Å². The molecule has 1 aromatic rings. The van der Waals surface area contributed by atoms with Gasteiger partial charge in [0, 0.05) is 24.7 Å². The average Bonchev–Trinajstić information content (AvgIpc) is 2.91. The van der Waals surface area contributed by atoms with E-state index < -0.39 is 17.9 Å². The number of methoxy groups -OCH3 is 1. The van der Waals surface area contributed by atoms with Gasteiger partial charge in [0.1, 0.15) is 5.75 Å². The van der Waals surface area contributed by atoms with E-state index in [0.717, 1.165) is 0 Å². The number of carbonyl (C=O) groups is 3. The number of nitrogens with zero attached hydrogens (tertiary/aromatic N) is 1. The zero-order valence-corrected chi connectivity index (χ0v) is 13.0. The van der Waals surface area contributed by atoms with Crippen molar-refractivity contribution in [2.24, 2.45) is 0 Å². The highest BCUT2D eigenvalue weighted by atomic mass is 16.5. The lowest BCUT2D eigenvalue weighted by molar-refractivity contribution is -0.137. The van der Waals surface area contributed by atoms with E-state index in [1.165, 1.54) is 12.0 Å². The van der Waals surface area contributed by atoms with E-state index in [-0.39, 0.29) is 12.5 Å². The van der Waals surface area contributed by atoms with Crippen LogP contribution in [0.1, 0.15) is 23.7 Å². The van der Waals surface area contributed by atoms with Crippen molar-refractivity contribution in [3.63, 3.8) is 0 Å². The molecule has 1 saturated heterocycles. The number of amides is 3. The van der Waals surface area contributed by atoms with Gasteiger partial charge in [0.15, 0.2) is 0 Å². The Morgan fingerprint density at radius 2 is 2.22 bits per heavy atom. The Labute approximate surface area is 133 Å². The fourth-order valence-electron chi connectivity index (χ4n) is 2.36. The number of carbonyl (C=O) groups excluding carboxylic acids is 2. The number of benzene rings is 1. The van der Waals surface area contributed by atoms with E-state index >= 15 is 0 Å². The van der Waals surface area contributed by atoms with Gasteiger partial charge in [-0.05, 0) is 25.1 Å². The number of carboxylic acid groups (broad SMARTS) is 1. The monoisotopic (exact) mass is 321 g/mol. The van der Waals surface area contributed by atoms with Gasteiger partial charge in [-0.15, -0.1) is 0 Å². The van der Waals surface area contributed by atoms with Crippen molar-refractivity contribution in [2.45, 2.75) is 19.4 Å². The normalized spacial score (nSPS) is 15.0. The molecule has 1 heterocycles. The summed E-state index contributed by atoms with van der Waals surface area (Å²) in [5.74, 6) is -0.901. The molecule has 124 valence electrons. The van der Waals surface area contributed by atoms with Gasteiger partial charge in [-0.2, -0.15) is 0 Å². The van der Waals surface area contributed by atoms with Gasteiger partial charge in [0.05, 0.1) is 19.2 Å². The van der Waals surface area contributed by atoms with Crippen LogP contribution in [0.2, 0.25) is 0 Å². The number of carboxylic acids is 1. The number of rotatable bonds is 6. The van der Waals surface area contributed by atoms with E-state index in [1.807, 2.05) is 0 Å². The number of hydrogen-bond donors (Lipinski definition) is 3. The predicted molar refractivity (Wildman–Crippen MR) is 82.9 cm³/mol. The topological polar surface area (TPSA) is 108 Å². The fourth-order valence-corrected chi connectivity index (χ4v) is 2.36. The molecule has 0 spiro atoms. The Morgan fingerprint density at radius 3 is 2.78 bits per heavy atom. The average molecular weight is 321 g/mol. The largest absolute Gasteiger partial charge is 0.495 e. The summed E-state index contributed by atoms with van der Waals surface area (Å²) in [5.41, 5.74) is 0.832. The second-order valence-electron chi connectivity index (χ2n) is 5.24.